The van der Waals surface area contributed by atoms with Crippen LogP contribution in [0, 0.1) is 3.57 Å². The number of halogens is 1. The summed E-state index contributed by atoms with van der Waals surface area (Å²) in [7, 11) is 0. The summed E-state index contributed by atoms with van der Waals surface area (Å²) in [5.74, 6) is 2.59. The van der Waals surface area contributed by atoms with E-state index in [4.69, 9.17) is 0 Å². The Morgan fingerprint density at radius 3 is 2.55 bits per heavy atom. The van der Waals surface area contributed by atoms with Crippen LogP contribution in [0.4, 0.5) is 17.3 Å². The Balaban J connectivity index is 2.28. The Hall–Kier alpha value is -1.37. The zero-order valence-corrected chi connectivity index (χ0v) is 13.9. The van der Waals surface area contributed by atoms with Crippen molar-refractivity contribution in [3.8, 4) is 0 Å². The fraction of sp³-hybridized carbons (Fsp3) is 0.333. The van der Waals surface area contributed by atoms with Gasteiger partial charge in [0, 0.05) is 22.6 Å². The van der Waals surface area contributed by atoms with E-state index in [1.165, 1.54) is 3.57 Å². The summed E-state index contributed by atoms with van der Waals surface area (Å²) in [4.78, 5) is 9.09. The molecule has 0 saturated heterocycles. The second-order valence-corrected chi connectivity index (χ2v) is 5.60. The summed E-state index contributed by atoms with van der Waals surface area (Å²) >= 11 is 2.32. The highest BCUT2D eigenvalue weighted by molar-refractivity contribution is 14.1. The molecule has 2 aromatic rings. The molecular weight excluding hydrogens is 363 g/mol. The lowest BCUT2D eigenvalue weighted by atomic mass is 10.3. The van der Waals surface area contributed by atoms with Crippen molar-refractivity contribution in [3.63, 3.8) is 0 Å². The van der Waals surface area contributed by atoms with E-state index in [0.717, 1.165) is 42.5 Å². The third-order valence-electron chi connectivity index (χ3n) is 2.74. The number of anilines is 3. The number of para-hydroxylation sites is 1. The number of aryl methyl sites for hydroxylation is 1. The monoisotopic (exact) mass is 382 g/mol. The van der Waals surface area contributed by atoms with Gasteiger partial charge in [0.25, 0.3) is 0 Å². The first-order chi connectivity index (χ1) is 9.72. The summed E-state index contributed by atoms with van der Waals surface area (Å²) in [6.07, 6.45) is 1.93. The average Bonchev–Trinajstić information content (AvgIpc) is 2.42. The SMILES string of the molecule is CCCc1nc(NCC)cc(Nc2ccccc2I)n1. The van der Waals surface area contributed by atoms with Crippen molar-refractivity contribution in [2.45, 2.75) is 26.7 Å². The van der Waals surface area contributed by atoms with Crippen LogP contribution in [-0.2, 0) is 6.42 Å². The van der Waals surface area contributed by atoms with E-state index in [9.17, 15) is 0 Å². The lowest BCUT2D eigenvalue weighted by Gasteiger charge is -2.11. The Labute approximate surface area is 133 Å². The molecule has 20 heavy (non-hydrogen) atoms. The van der Waals surface area contributed by atoms with Gasteiger partial charge < -0.3 is 10.6 Å². The van der Waals surface area contributed by atoms with Crippen LogP contribution in [0.5, 0.6) is 0 Å². The van der Waals surface area contributed by atoms with Crippen LogP contribution in [-0.4, -0.2) is 16.5 Å². The van der Waals surface area contributed by atoms with Gasteiger partial charge >= 0.3 is 0 Å². The highest BCUT2D eigenvalue weighted by atomic mass is 127. The van der Waals surface area contributed by atoms with Crippen LogP contribution in [0.25, 0.3) is 0 Å². The first-order valence-electron chi connectivity index (χ1n) is 6.86. The summed E-state index contributed by atoms with van der Waals surface area (Å²) in [5, 5.41) is 6.63. The number of nitrogens with one attached hydrogen (secondary N) is 2. The van der Waals surface area contributed by atoms with Gasteiger partial charge in [-0.2, -0.15) is 0 Å². The van der Waals surface area contributed by atoms with Crippen molar-refractivity contribution in [2.24, 2.45) is 0 Å². The zero-order chi connectivity index (χ0) is 14.4. The van der Waals surface area contributed by atoms with Crippen LogP contribution in [0.15, 0.2) is 30.3 Å². The highest BCUT2D eigenvalue weighted by Crippen LogP contribution is 2.22. The minimum Gasteiger partial charge on any atom is -0.370 e. The molecule has 0 unspecified atom stereocenters. The van der Waals surface area contributed by atoms with Crippen molar-refractivity contribution in [1.82, 2.24) is 9.97 Å². The molecule has 0 aliphatic heterocycles. The molecule has 0 atom stereocenters. The van der Waals surface area contributed by atoms with Gasteiger partial charge in [-0.1, -0.05) is 19.1 Å². The Kier molecular flexibility index (Phi) is 5.58. The van der Waals surface area contributed by atoms with Crippen LogP contribution < -0.4 is 10.6 Å². The van der Waals surface area contributed by atoms with Crippen LogP contribution in [0.2, 0.25) is 0 Å². The molecule has 5 heteroatoms. The highest BCUT2D eigenvalue weighted by Gasteiger charge is 2.05. The van der Waals surface area contributed by atoms with Gasteiger partial charge in [0.1, 0.15) is 17.5 Å². The fourth-order valence-electron chi connectivity index (χ4n) is 1.87. The molecule has 0 spiro atoms. The molecule has 0 fully saturated rings. The van der Waals surface area contributed by atoms with Crippen LogP contribution in [0.1, 0.15) is 26.1 Å². The van der Waals surface area contributed by atoms with Gasteiger partial charge in [-0.3, -0.25) is 0 Å². The molecule has 0 aliphatic carbocycles. The summed E-state index contributed by atoms with van der Waals surface area (Å²) in [5.41, 5.74) is 1.07. The molecule has 1 heterocycles. The molecule has 0 saturated carbocycles. The van der Waals surface area contributed by atoms with E-state index in [2.05, 4.69) is 69.2 Å². The summed E-state index contributed by atoms with van der Waals surface area (Å²) in [6, 6.07) is 10.1. The third kappa shape index (κ3) is 4.06. The van der Waals surface area contributed by atoms with E-state index < -0.39 is 0 Å². The molecule has 0 aliphatic rings. The van der Waals surface area contributed by atoms with Gasteiger partial charge in [-0.15, -0.1) is 0 Å². The zero-order valence-electron chi connectivity index (χ0n) is 11.8. The molecule has 0 amide bonds. The van der Waals surface area contributed by atoms with E-state index in [0.29, 0.717) is 0 Å². The van der Waals surface area contributed by atoms with Crippen molar-refractivity contribution >= 4 is 39.9 Å². The van der Waals surface area contributed by atoms with Gasteiger partial charge in [0.15, 0.2) is 0 Å². The molecule has 0 radical (unpaired) electrons. The van der Waals surface area contributed by atoms with Crippen molar-refractivity contribution in [1.29, 1.82) is 0 Å². The molecule has 2 rings (SSSR count). The standard InChI is InChI=1S/C15H19IN4/c1-3-7-13-19-14(17-4-2)10-15(20-13)18-12-9-6-5-8-11(12)16/h5-6,8-10H,3-4,7H2,1-2H3,(H2,17,18,19,20). The van der Waals surface area contributed by atoms with Gasteiger partial charge in [-0.05, 0) is 48.1 Å². The minimum atomic E-state index is 0.837. The quantitative estimate of drug-likeness (QED) is 0.735. The fourth-order valence-corrected chi connectivity index (χ4v) is 2.39. The Morgan fingerprint density at radius 1 is 1.10 bits per heavy atom. The second kappa shape index (κ2) is 7.42. The molecule has 1 aromatic carbocycles. The largest absolute Gasteiger partial charge is 0.370 e. The lowest BCUT2D eigenvalue weighted by Crippen LogP contribution is -2.06. The predicted octanol–water partition coefficient (Wildman–Crippen LogP) is 4.21. The third-order valence-corrected chi connectivity index (χ3v) is 3.68. The molecule has 106 valence electrons. The first kappa shape index (κ1) is 15.0. The van der Waals surface area contributed by atoms with E-state index in [1.54, 1.807) is 0 Å². The topological polar surface area (TPSA) is 49.8 Å². The van der Waals surface area contributed by atoms with Crippen molar-refractivity contribution in [3.05, 3.63) is 39.7 Å². The molecular formula is C15H19IN4. The number of hydrogen-bond donors (Lipinski definition) is 2. The van der Waals surface area contributed by atoms with Crippen LogP contribution in [0.3, 0.4) is 0 Å². The smallest absolute Gasteiger partial charge is 0.136 e. The Bertz CT molecular complexity index is 547. The second-order valence-electron chi connectivity index (χ2n) is 4.44. The first-order valence-corrected chi connectivity index (χ1v) is 7.94. The molecule has 2 N–H and O–H groups in total. The normalized spacial score (nSPS) is 10.3. The average molecular weight is 382 g/mol. The molecule has 4 nitrogen and oxygen atoms in total. The van der Waals surface area contributed by atoms with Crippen molar-refractivity contribution < 1.29 is 0 Å². The van der Waals surface area contributed by atoms with Gasteiger partial charge in [0.2, 0.25) is 0 Å². The number of nitrogens with zero attached hydrogens (tertiary/aromatic N) is 2. The van der Waals surface area contributed by atoms with Crippen LogP contribution >= 0.6 is 22.6 Å². The Morgan fingerprint density at radius 2 is 1.85 bits per heavy atom. The molecule has 1 aromatic heterocycles. The number of benzene rings is 1. The lowest BCUT2D eigenvalue weighted by molar-refractivity contribution is 0.836. The number of hydrogen-bond acceptors (Lipinski definition) is 4. The maximum Gasteiger partial charge on any atom is 0.136 e. The van der Waals surface area contributed by atoms with E-state index >= 15 is 0 Å². The minimum absolute atomic E-state index is 0.837. The number of rotatable bonds is 6. The van der Waals surface area contributed by atoms with Gasteiger partial charge in [0.05, 0.1) is 5.69 Å². The van der Waals surface area contributed by atoms with E-state index in [1.807, 2.05) is 18.2 Å². The predicted molar refractivity (Wildman–Crippen MR) is 92.6 cm³/mol. The maximum atomic E-state index is 4.58. The van der Waals surface area contributed by atoms with Crippen molar-refractivity contribution in [2.75, 3.05) is 17.2 Å². The summed E-state index contributed by atoms with van der Waals surface area (Å²) < 4.78 is 1.17. The van der Waals surface area contributed by atoms with E-state index in [-0.39, 0.29) is 0 Å². The maximum absolute atomic E-state index is 4.58. The summed E-state index contributed by atoms with van der Waals surface area (Å²) in [6.45, 7) is 5.05. The molecule has 0 bridgehead atoms. The number of aromatic nitrogens is 2. The van der Waals surface area contributed by atoms with Gasteiger partial charge in [-0.25, -0.2) is 9.97 Å².